The average molecular weight is 185 g/mol. The van der Waals surface area contributed by atoms with Gasteiger partial charge in [-0.05, 0) is 13.0 Å². The van der Waals surface area contributed by atoms with E-state index in [2.05, 4.69) is 27.7 Å². The van der Waals surface area contributed by atoms with Crippen LogP contribution in [0.1, 0.15) is 60.3 Å². The predicted octanol–water partition coefficient (Wildman–Crippen LogP) is 4.82. The summed E-state index contributed by atoms with van der Waals surface area (Å²) in [5.74, 6) is 0. The monoisotopic (exact) mass is 185 g/mol. The Hall–Kier alpha value is -0.590. The smallest absolute Gasteiger partial charge is 0.0174 e. The van der Waals surface area contributed by atoms with Gasteiger partial charge in [0.05, 0.1) is 0 Å². The molecule has 0 aromatic rings. The van der Waals surface area contributed by atoms with E-state index in [1.165, 1.54) is 31.9 Å². The van der Waals surface area contributed by atoms with Crippen LogP contribution >= 0.6 is 0 Å². The lowest BCUT2D eigenvalue weighted by Crippen LogP contribution is -1.59. The Balaban J connectivity index is -0.000000120. The van der Waals surface area contributed by atoms with E-state index in [9.17, 15) is 0 Å². The average Bonchev–Trinajstić information content (AvgIpc) is 2.09. The minimum absolute atomic E-state index is 1.25. The van der Waals surface area contributed by atoms with Crippen LogP contribution < -0.4 is 0 Å². The van der Waals surface area contributed by atoms with Gasteiger partial charge in [0.25, 0.3) is 0 Å². The lowest BCUT2D eigenvalue weighted by molar-refractivity contribution is 0.772. The third-order valence-corrected chi connectivity index (χ3v) is 0.996. The highest BCUT2D eigenvalue weighted by atomic mass is 14.3. The molecule has 0 heterocycles. The van der Waals surface area contributed by atoms with Crippen LogP contribution in [0.4, 0.5) is 0 Å². The van der Waals surface area contributed by atoms with Crippen LogP contribution in [0.15, 0.2) is 12.2 Å². The van der Waals surface area contributed by atoms with E-state index < -0.39 is 0 Å². The molecule has 13 heavy (non-hydrogen) atoms. The maximum atomic E-state index is 6.39. The predicted molar refractivity (Wildman–Crippen MR) is 64.8 cm³/mol. The summed E-state index contributed by atoms with van der Waals surface area (Å²) >= 11 is 0. The summed E-state index contributed by atoms with van der Waals surface area (Å²) in [6.45, 7) is 10.6. The molecule has 0 bridgehead atoms. The van der Waals surface area contributed by atoms with E-state index in [-0.39, 0.29) is 0 Å². The molecule has 80 valence electrons. The topological polar surface area (TPSA) is 23.9 Å². The molecule has 0 saturated carbocycles. The molecule has 0 aliphatic rings. The van der Waals surface area contributed by atoms with Gasteiger partial charge in [0, 0.05) is 6.21 Å². The second-order valence-corrected chi connectivity index (χ2v) is 2.75. The van der Waals surface area contributed by atoms with Gasteiger partial charge in [-0.1, -0.05) is 59.5 Å². The fraction of sp³-hybridized carbons (Fsp3) is 0.750. The zero-order valence-electron chi connectivity index (χ0n) is 10.1. The summed E-state index contributed by atoms with van der Waals surface area (Å²) in [5.41, 5.74) is 0. The zero-order valence-corrected chi connectivity index (χ0v) is 10.1. The zero-order chi connectivity index (χ0) is 10.9. The molecule has 0 atom stereocenters. The van der Waals surface area contributed by atoms with Crippen molar-refractivity contribution in [1.29, 1.82) is 5.41 Å². The second kappa shape index (κ2) is 30.1. The maximum absolute atomic E-state index is 6.39. The van der Waals surface area contributed by atoms with E-state index in [0.717, 1.165) is 0 Å². The van der Waals surface area contributed by atoms with Crippen molar-refractivity contribution in [1.82, 2.24) is 0 Å². The molecule has 0 aromatic carbocycles. The Morgan fingerprint density at radius 2 is 1.38 bits per heavy atom. The standard InChI is InChI=1S/C5H12.C4H7N.C3H8/c1-3-5-4-2;1-2-3-4-5;1-3-2/h3-5H2,1-2H3;2-5H,1H3;3H2,1-2H3/b;3-2-,5-4?;. The first-order chi connectivity index (χ1) is 6.24. The third-order valence-electron chi connectivity index (χ3n) is 0.996. The van der Waals surface area contributed by atoms with Crippen LogP contribution in [0.3, 0.4) is 0 Å². The van der Waals surface area contributed by atoms with Crippen molar-refractivity contribution in [3.05, 3.63) is 12.2 Å². The van der Waals surface area contributed by atoms with Crippen LogP contribution in [0.5, 0.6) is 0 Å². The Morgan fingerprint density at radius 1 is 1.00 bits per heavy atom. The number of nitrogens with one attached hydrogen (secondary N) is 1. The van der Waals surface area contributed by atoms with Gasteiger partial charge in [-0.2, -0.15) is 0 Å². The molecule has 0 saturated heterocycles. The summed E-state index contributed by atoms with van der Waals surface area (Å²) in [4.78, 5) is 0. The van der Waals surface area contributed by atoms with Gasteiger partial charge >= 0.3 is 0 Å². The number of allylic oxidation sites excluding steroid dienone is 2. The number of hydrogen-bond donors (Lipinski definition) is 1. The Morgan fingerprint density at radius 3 is 1.38 bits per heavy atom. The van der Waals surface area contributed by atoms with Gasteiger partial charge in [-0.3, -0.25) is 0 Å². The normalized spacial score (nSPS) is 8.08. The van der Waals surface area contributed by atoms with E-state index in [1.54, 1.807) is 6.08 Å². The first-order valence-corrected chi connectivity index (χ1v) is 5.36. The van der Waals surface area contributed by atoms with Gasteiger partial charge in [-0.15, -0.1) is 0 Å². The fourth-order valence-corrected chi connectivity index (χ4v) is 0.450. The maximum Gasteiger partial charge on any atom is 0.0174 e. The van der Waals surface area contributed by atoms with Gasteiger partial charge < -0.3 is 5.41 Å². The van der Waals surface area contributed by atoms with Crippen molar-refractivity contribution in [2.75, 3.05) is 0 Å². The SMILES string of the molecule is C/C=C\C=N.CCC.CCCCC. The largest absolute Gasteiger partial charge is 0.309 e. The van der Waals surface area contributed by atoms with E-state index in [4.69, 9.17) is 5.41 Å². The first kappa shape index (κ1) is 18.2. The van der Waals surface area contributed by atoms with Crippen molar-refractivity contribution >= 4 is 6.21 Å². The highest BCUT2D eigenvalue weighted by Gasteiger charge is 1.68. The Labute approximate surface area is 84.8 Å². The molecule has 0 radical (unpaired) electrons. The molecule has 1 N–H and O–H groups in total. The molecule has 0 unspecified atom stereocenters. The lowest BCUT2D eigenvalue weighted by atomic mass is 10.3. The van der Waals surface area contributed by atoms with Gasteiger partial charge in [0.2, 0.25) is 0 Å². The molecular formula is C12H27N. The molecular weight excluding hydrogens is 158 g/mol. The van der Waals surface area contributed by atoms with Gasteiger partial charge in [0.15, 0.2) is 0 Å². The van der Waals surface area contributed by atoms with Gasteiger partial charge in [-0.25, -0.2) is 0 Å². The van der Waals surface area contributed by atoms with E-state index in [1.807, 2.05) is 13.0 Å². The summed E-state index contributed by atoms with van der Waals surface area (Å²) < 4.78 is 0. The second-order valence-electron chi connectivity index (χ2n) is 2.75. The first-order valence-electron chi connectivity index (χ1n) is 5.36. The summed E-state index contributed by atoms with van der Waals surface area (Å²) in [6.07, 6.45) is 10.1. The fourth-order valence-electron chi connectivity index (χ4n) is 0.450. The quantitative estimate of drug-likeness (QED) is 0.609. The molecule has 0 aliphatic heterocycles. The number of hydrogen-bond acceptors (Lipinski definition) is 1. The Kier molecular flexibility index (Phi) is 42.2. The van der Waals surface area contributed by atoms with Crippen molar-refractivity contribution in [3.8, 4) is 0 Å². The third kappa shape index (κ3) is 86.9. The molecule has 0 rings (SSSR count). The van der Waals surface area contributed by atoms with Crippen molar-refractivity contribution in [3.63, 3.8) is 0 Å². The minimum Gasteiger partial charge on any atom is -0.309 e. The molecule has 0 fully saturated rings. The minimum atomic E-state index is 1.25. The number of unbranched alkanes of at least 4 members (excludes halogenated alkanes) is 2. The highest BCUT2D eigenvalue weighted by Crippen LogP contribution is 1.88. The molecule has 0 aliphatic carbocycles. The summed E-state index contributed by atoms with van der Waals surface area (Å²) in [6, 6.07) is 0. The van der Waals surface area contributed by atoms with Crippen molar-refractivity contribution in [2.45, 2.75) is 60.3 Å². The molecule has 0 spiro atoms. The summed E-state index contributed by atoms with van der Waals surface area (Å²) in [7, 11) is 0. The van der Waals surface area contributed by atoms with Crippen LogP contribution in [0.25, 0.3) is 0 Å². The molecule has 1 heteroatoms. The van der Waals surface area contributed by atoms with E-state index >= 15 is 0 Å². The Bertz CT molecular complexity index is 83.1. The lowest BCUT2D eigenvalue weighted by Gasteiger charge is -1.79. The van der Waals surface area contributed by atoms with E-state index in [0.29, 0.717) is 0 Å². The van der Waals surface area contributed by atoms with Gasteiger partial charge in [0.1, 0.15) is 0 Å². The van der Waals surface area contributed by atoms with Crippen LogP contribution in [0.2, 0.25) is 0 Å². The molecule has 1 nitrogen and oxygen atoms in total. The van der Waals surface area contributed by atoms with Crippen molar-refractivity contribution < 1.29 is 0 Å². The molecule has 0 amide bonds. The molecule has 0 aromatic heterocycles. The van der Waals surface area contributed by atoms with Crippen molar-refractivity contribution in [2.24, 2.45) is 0 Å². The van der Waals surface area contributed by atoms with Crippen LogP contribution in [-0.2, 0) is 0 Å². The van der Waals surface area contributed by atoms with Crippen LogP contribution in [0, 0.1) is 5.41 Å². The van der Waals surface area contributed by atoms with Crippen LogP contribution in [-0.4, -0.2) is 6.21 Å². The number of rotatable bonds is 3. The highest BCUT2D eigenvalue weighted by molar-refractivity contribution is 5.67. The summed E-state index contributed by atoms with van der Waals surface area (Å²) in [5, 5.41) is 6.39.